The number of nitrogens with zero attached hydrogens (tertiary/aromatic N) is 5. The van der Waals surface area contributed by atoms with E-state index >= 15 is 0 Å². The number of alkyl halides is 3. The fourth-order valence-corrected chi connectivity index (χ4v) is 2.75. The maximum atomic E-state index is 12.7. The Morgan fingerprint density at radius 3 is 2.88 bits per heavy atom. The molecule has 7 nitrogen and oxygen atoms in total. The largest absolute Gasteiger partial charge is 0.433 e. The molecule has 25 heavy (non-hydrogen) atoms. The van der Waals surface area contributed by atoms with Crippen LogP contribution >= 0.6 is 0 Å². The monoisotopic (exact) mass is 354 g/mol. The van der Waals surface area contributed by atoms with Crippen LogP contribution in [0.3, 0.4) is 0 Å². The van der Waals surface area contributed by atoms with Crippen LogP contribution in [0.2, 0.25) is 0 Å². The van der Waals surface area contributed by atoms with Crippen LogP contribution in [0.1, 0.15) is 22.9 Å². The highest BCUT2D eigenvalue weighted by Crippen LogP contribution is 2.27. The number of aryl methyl sites for hydroxylation is 1. The number of likely N-dealkylation sites (N-methyl/N-ethyl adjacent to an activating group) is 1. The van der Waals surface area contributed by atoms with Gasteiger partial charge in [0.25, 0.3) is 0 Å². The summed E-state index contributed by atoms with van der Waals surface area (Å²) in [6, 6.07) is 1.95. The molecule has 2 aromatic rings. The van der Waals surface area contributed by atoms with Gasteiger partial charge in [0.2, 0.25) is 5.91 Å². The minimum absolute atomic E-state index is 0.00277. The van der Waals surface area contributed by atoms with Gasteiger partial charge in [0.05, 0.1) is 13.1 Å². The number of carbonyl (C=O) groups excluding carboxylic acids is 1. The highest BCUT2D eigenvalue weighted by Gasteiger charge is 2.33. The van der Waals surface area contributed by atoms with E-state index in [0.717, 1.165) is 23.9 Å². The topological polar surface area (TPSA) is 75.9 Å². The van der Waals surface area contributed by atoms with Crippen LogP contribution < -0.4 is 5.32 Å². The van der Waals surface area contributed by atoms with Crippen LogP contribution in [0.4, 0.5) is 13.2 Å². The number of nitrogens with one attached hydrogen (secondary N) is 1. The lowest BCUT2D eigenvalue weighted by Crippen LogP contribution is -2.50. The van der Waals surface area contributed by atoms with E-state index < -0.39 is 17.9 Å². The van der Waals surface area contributed by atoms with Gasteiger partial charge >= 0.3 is 6.18 Å². The molecule has 0 saturated carbocycles. The smallest absolute Gasteiger partial charge is 0.351 e. The quantitative estimate of drug-likeness (QED) is 0.894. The van der Waals surface area contributed by atoms with Crippen LogP contribution in [0.15, 0.2) is 18.3 Å². The number of aromatic nitrogens is 4. The van der Waals surface area contributed by atoms with Crippen molar-refractivity contribution in [3.8, 4) is 0 Å². The first-order valence-electron chi connectivity index (χ1n) is 7.64. The summed E-state index contributed by atoms with van der Waals surface area (Å²) in [6.45, 7) is 2.70. The fraction of sp³-hybridized carbons (Fsp3) is 0.467. The van der Waals surface area contributed by atoms with Crippen molar-refractivity contribution in [1.82, 2.24) is 30.0 Å². The summed E-state index contributed by atoms with van der Waals surface area (Å²) in [7, 11) is 1.80. The summed E-state index contributed by atoms with van der Waals surface area (Å²) in [5, 5.41) is 10.7. The van der Waals surface area contributed by atoms with Gasteiger partial charge in [-0.2, -0.15) is 13.2 Å². The summed E-state index contributed by atoms with van der Waals surface area (Å²) in [5.41, 5.74) is -0.630. The molecule has 3 rings (SSSR count). The molecule has 1 N–H and O–H groups in total. The van der Waals surface area contributed by atoms with Gasteiger partial charge in [-0.25, -0.2) is 0 Å². The SMILES string of the molecule is Cc1nnc2n1CC(C(=O)NCc1ccnc(C(F)(F)F)c1)N(C)C2. The van der Waals surface area contributed by atoms with E-state index in [4.69, 9.17) is 0 Å². The Hall–Kier alpha value is -2.49. The number of hydrogen-bond donors (Lipinski definition) is 1. The lowest BCUT2D eigenvalue weighted by Gasteiger charge is -2.32. The number of carbonyl (C=O) groups is 1. The van der Waals surface area contributed by atoms with Crippen molar-refractivity contribution in [2.45, 2.75) is 38.8 Å². The number of amides is 1. The molecule has 0 saturated heterocycles. The van der Waals surface area contributed by atoms with E-state index in [2.05, 4.69) is 20.5 Å². The molecule has 1 atom stereocenters. The summed E-state index contributed by atoms with van der Waals surface area (Å²) in [6.07, 6.45) is -3.42. The maximum absolute atomic E-state index is 12.7. The van der Waals surface area contributed by atoms with E-state index in [1.165, 1.54) is 6.07 Å². The first-order valence-corrected chi connectivity index (χ1v) is 7.64. The molecule has 1 aliphatic rings. The van der Waals surface area contributed by atoms with Gasteiger partial charge < -0.3 is 9.88 Å². The summed E-state index contributed by atoms with van der Waals surface area (Å²) >= 11 is 0. The normalized spacial score (nSPS) is 18.0. The highest BCUT2D eigenvalue weighted by atomic mass is 19.4. The van der Waals surface area contributed by atoms with E-state index in [1.807, 2.05) is 16.4 Å². The highest BCUT2D eigenvalue weighted by molar-refractivity contribution is 5.81. The molecule has 0 aromatic carbocycles. The zero-order chi connectivity index (χ0) is 18.2. The van der Waals surface area contributed by atoms with E-state index in [1.54, 1.807) is 7.05 Å². The lowest BCUT2D eigenvalue weighted by molar-refractivity contribution is -0.141. The zero-order valence-corrected chi connectivity index (χ0v) is 13.7. The van der Waals surface area contributed by atoms with Gasteiger partial charge in [0.15, 0.2) is 0 Å². The second-order valence-electron chi connectivity index (χ2n) is 5.97. The average molecular weight is 354 g/mol. The summed E-state index contributed by atoms with van der Waals surface area (Å²) < 4.78 is 39.9. The molecular formula is C15H17F3N6O. The molecule has 0 aliphatic carbocycles. The van der Waals surface area contributed by atoms with E-state index in [9.17, 15) is 18.0 Å². The van der Waals surface area contributed by atoms with Gasteiger partial charge in [-0.1, -0.05) is 0 Å². The van der Waals surface area contributed by atoms with E-state index in [-0.39, 0.29) is 12.5 Å². The fourth-order valence-electron chi connectivity index (χ4n) is 2.75. The Balaban J connectivity index is 1.66. The van der Waals surface area contributed by atoms with Crippen LogP contribution in [-0.4, -0.2) is 43.6 Å². The molecule has 10 heteroatoms. The number of rotatable bonds is 3. The van der Waals surface area contributed by atoms with Crippen LogP contribution in [0.25, 0.3) is 0 Å². The Bertz CT molecular complexity index is 788. The van der Waals surface area contributed by atoms with Crippen molar-refractivity contribution in [1.29, 1.82) is 0 Å². The first kappa shape index (κ1) is 17.3. The predicted molar refractivity (Wildman–Crippen MR) is 81.1 cm³/mol. The molecule has 2 aromatic heterocycles. The van der Waals surface area contributed by atoms with Crippen molar-refractivity contribution in [3.63, 3.8) is 0 Å². The number of fused-ring (bicyclic) bond motifs is 1. The van der Waals surface area contributed by atoms with Gasteiger partial charge in [-0.15, -0.1) is 10.2 Å². The minimum Gasteiger partial charge on any atom is -0.351 e. The molecule has 0 bridgehead atoms. The molecule has 1 unspecified atom stereocenters. The molecular weight excluding hydrogens is 337 g/mol. The van der Waals surface area contributed by atoms with Crippen molar-refractivity contribution >= 4 is 5.91 Å². The van der Waals surface area contributed by atoms with Gasteiger partial charge in [0, 0.05) is 12.7 Å². The Labute approximate surface area is 141 Å². The lowest BCUT2D eigenvalue weighted by atomic mass is 10.1. The number of hydrogen-bond acceptors (Lipinski definition) is 5. The molecule has 3 heterocycles. The van der Waals surface area contributed by atoms with Crippen LogP contribution in [0.5, 0.6) is 0 Å². The van der Waals surface area contributed by atoms with Crippen molar-refractivity contribution < 1.29 is 18.0 Å². The van der Waals surface area contributed by atoms with Gasteiger partial charge in [-0.3, -0.25) is 14.7 Å². The van der Waals surface area contributed by atoms with Crippen LogP contribution in [0, 0.1) is 6.92 Å². The second-order valence-corrected chi connectivity index (χ2v) is 5.97. The Morgan fingerprint density at radius 2 is 2.16 bits per heavy atom. The van der Waals surface area contributed by atoms with Crippen molar-refractivity contribution in [2.75, 3.05) is 7.05 Å². The van der Waals surface area contributed by atoms with Crippen molar-refractivity contribution in [2.24, 2.45) is 0 Å². The molecule has 0 radical (unpaired) electrons. The minimum atomic E-state index is -4.51. The Morgan fingerprint density at radius 1 is 1.40 bits per heavy atom. The predicted octanol–water partition coefficient (Wildman–Crippen LogP) is 1.13. The third-order valence-electron chi connectivity index (χ3n) is 4.17. The summed E-state index contributed by atoms with van der Waals surface area (Å²) in [5.74, 6) is 1.25. The molecule has 1 amide bonds. The maximum Gasteiger partial charge on any atom is 0.433 e. The number of pyridine rings is 1. The standard InChI is InChI=1S/C15H17F3N6O/c1-9-21-22-13-8-23(2)11(7-24(9)13)14(25)20-6-10-3-4-19-12(5-10)15(16,17)18/h3-5,11H,6-8H2,1-2H3,(H,20,25). The first-order chi connectivity index (χ1) is 11.8. The van der Waals surface area contributed by atoms with E-state index in [0.29, 0.717) is 18.7 Å². The molecule has 0 spiro atoms. The van der Waals surface area contributed by atoms with Crippen molar-refractivity contribution in [3.05, 3.63) is 41.2 Å². The third kappa shape index (κ3) is 3.63. The van der Waals surface area contributed by atoms with Gasteiger partial charge in [0.1, 0.15) is 23.4 Å². The zero-order valence-electron chi connectivity index (χ0n) is 13.7. The third-order valence-corrected chi connectivity index (χ3v) is 4.17. The second kappa shape index (κ2) is 6.43. The average Bonchev–Trinajstić information content (AvgIpc) is 2.91. The molecule has 0 fully saturated rings. The summed E-state index contributed by atoms with van der Waals surface area (Å²) in [4.78, 5) is 17.6. The Kier molecular flexibility index (Phi) is 4.46. The van der Waals surface area contributed by atoms with Gasteiger partial charge in [-0.05, 0) is 31.7 Å². The molecule has 134 valence electrons. The molecule has 1 aliphatic heterocycles. The number of halogens is 3. The van der Waals surface area contributed by atoms with Crippen LogP contribution in [-0.2, 0) is 30.6 Å².